The smallest absolute Gasteiger partial charge is 0.123 e. The molecule has 0 radical (unpaired) electrons. The molecule has 0 aliphatic heterocycles. The first kappa shape index (κ1) is 20.0. The fraction of sp³-hybridized carbons (Fsp3) is 0.368. The van der Waals surface area contributed by atoms with Gasteiger partial charge in [0.25, 0.3) is 0 Å². The predicted octanol–water partition coefficient (Wildman–Crippen LogP) is 5.56. The molecule has 0 saturated carbocycles. The topological polar surface area (TPSA) is 26.0 Å². The molecule has 0 saturated heterocycles. The molecule has 2 aromatic rings. The third-order valence-corrected chi connectivity index (χ3v) is 4.96. The van der Waals surface area contributed by atoms with Crippen LogP contribution in [0.15, 0.2) is 53.4 Å². The second-order valence-electron chi connectivity index (χ2n) is 5.64. The normalized spacial score (nSPS) is 11.8. The highest BCUT2D eigenvalue weighted by Crippen LogP contribution is 2.24. The van der Waals surface area contributed by atoms with Crippen molar-refractivity contribution in [2.24, 2.45) is 5.73 Å². The minimum atomic E-state index is -0.186. The van der Waals surface area contributed by atoms with Crippen LogP contribution in [0, 0.1) is 12.7 Å². The van der Waals surface area contributed by atoms with E-state index in [0.29, 0.717) is 12.5 Å². The fourth-order valence-electron chi connectivity index (χ4n) is 2.47. The van der Waals surface area contributed by atoms with Gasteiger partial charge in [-0.1, -0.05) is 36.2 Å². The van der Waals surface area contributed by atoms with Crippen LogP contribution in [0.5, 0.6) is 0 Å². The molecule has 23 heavy (non-hydrogen) atoms. The van der Waals surface area contributed by atoms with E-state index < -0.39 is 0 Å². The molecule has 0 aromatic heterocycles. The van der Waals surface area contributed by atoms with Crippen molar-refractivity contribution >= 4 is 24.2 Å². The van der Waals surface area contributed by atoms with Crippen molar-refractivity contribution in [2.75, 3.05) is 12.3 Å². The molecule has 0 aliphatic rings. The summed E-state index contributed by atoms with van der Waals surface area (Å²) in [6.45, 7) is 2.73. The van der Waals surface area contributed by atoms with Crippen LogP contribution < -0.4 is 5.73 Å². The van der Waals surface area contributed by atoms with E-state index in [9.17, 15) is 4.39 Å². The molecule has 2 aromatic carbocycles. The van der Waals surface area contributed by atoms with Gasteiger partial charge in [0.2, 0.25) is 0 Å². The molecule has 0 bridgehead atoms. The summed E-state index contributed by atoms with van der Waals surface area (Å²) in [6, 6.07) is 15.4. The Morgan fingerprint density at radius 1 is 1.00 bits per heavy atom. The van der Waals surface area contributed by atoms with Crippen molar-refractivity contribution in [1.82, 2.24) is 0 Å². The molecule has 4 heteroatoms. The summed E-state index contributed by atoms with van der Waals surface area (Å²) in [5.74, 6) is 1.28. The fourth-order valence-corrected chi connectivity index (χ4v) is 3.39. The summed E-state index contributed by atoms with van der Waals surface area (Å²) in [5.41, 5.74) is 8.31. The van der Waals surface area contributed by atoms with E-state index in [1.165, 1.54) is 29.0 Å². The number of aryl methyl sites for hydroxylation is 1. The molecule has 0 aliphatic carbocycles. The number of benzene rings is 2. The molecule has 2 rings (SSSR count). The number of thioether (sulfide) groups is 1. The Balaban J connectivity index is 0.00000264. The number of halogens is 2. The monoisotopic (exact) mass is 353 g/mol. The zero-order valence-corrected chi connectivity index (χ0v) is 15.1. The van der Waals surface area contributed by atoms with E-state index in [1.54, 1.807) is 0 Å². The first-order valence-electron chi connectivity index (χ1n) is 7.84. The van der Waals surface area contributed by atoms with Crippen molar-refractivity contribution in [3.8, 4) is 0 Å². The highest BCUT2D eigenvalue weighted by molar-refractivity contribution is 7.99. The van der Waals surface area contributed by atoms with Crippen LogP contribution in [0.4, 0.5) is 4.39 Å². The van der Waals surface area contributed by atoms with Gasteiger partial charge in [0.05, 0.1) is 0 Å². The highest BCUT2D eigenvalue weighted by Gasteiger charge is 2.09. The van der Waals surface area contributed by atoms with Crippen LogP contribution in [-0.4, -0.2) is 12.3 Å². The van der Waals surface area contributed by atoms with Gasteiger partial charge in [-0.05, 0) is 67.8 Å². The Kier molecular flexibility index (Phi) is 9.30. The molecule has 1 atom stereocenters. The molecule has 126 valence electrons. The lowest BCUT2D eigenvalue weighted by Crippen LogP contribution is -2.12. The van der Waals surface area contributed by atoms with Gasteiger partial charge in [-0.15, -0.1) is 24.2 Å². The SMILES string of the molecule is Cc1ccc(SCCCCC(CN)c2ccc(F)cc2)cc1.Cl. The summed E-state index contributed by atoms with van der Waals surface area (Å²) in [6.07, 6.45) is 3.39. The van der Waals surface area contributed by atoms with Crippen LogP contribution >= 0.6 is 24.2 Å². The molecular weight excluding hydrogens is 329 g/mol. The first-order chi connectivity index (χ1) is 10.7. The lowest BCUT2D eigenvalue weighted by molar-refractivity contribution is 0.589. The summed E-state index contributed by atoms with van der Waals surface area (Å²) in [7, 11) is 0. The molecule has 0 spiro atoms. The van der Waals surface area contributed by atoms with Gasteiger partial charge < -0.3 is 5.73 Å². The van der Waals surface area contributed by atoms with E-state index in [1.807, 2.05) is 23.9 Å². The summed E-state index contributed by atoms with van der Waals surface area (Å²) in [5, 5.41) is 0. The quantitative estimate of drug-likeness (QED) is 0.496. The van der Waals surface area contributed by atoms with E-state index in [-0.39, 0.29) is 18.2 Å². The van der Waals surface area contributed by atoms with Crippen LogP contribution in [0.1, 0.15) is 36.3 Å². The van der Waals surface area contributed by atoms with Gasteiger partial charge in [0, 0.05) is 4.90 Å². The molecule has 0 amide bonds. The molecule has 1 nitrogen and oxygen atoms in total. The lowest BCUT2D eigenvalue weighted by Gasteiger charge is -2.15. The molecule has 2 N–H and O–H groups in total. The minimum absolute atomic E-state index is 0. The van der Waals surface area contributed by atoms with Crippen molar-refractivity contribution in [2.45, 2.75) is 37.0 Å². The summed E-state index contributed by atoms with van der Waals surface area (Å²) >= 11 is 1.91. The van der Waals surface area contributed by atoms with Gasteiger partial charge >= 0.3 is 0 Å². The Hall–Kier alpha value is -1.03. The van der Waals surface area contributed by atoms with Gasteiger partial charge in [-0.3, -0.25) is 0 Å². The molecule has 1 unspecified atom stereocenters. The standard InChI is InChI=1S/C19H24FNS.ClH/c1-15-5-11-19(12-6-15)22-13-3-2-4-17(14-21)16-7-9-18(20)10-8-16;/h5-12,17H,2-4,13-14,21H2,1H3;1H. The third kappa shape index (κ3) is 6.94. The maximum absolute atomic E-state index is 13.0. The number of nitrogens with two attached hydrogens (primary N) is 1. The van der Waals surface area contributed by atoms with Crippen molar-refractivity contribution in [1.29, 1.82) is 0 Å². The zero-order valence-electron chi connectivity index (χ0n) is 13.5. The zero-order chi connectivity index (χ0) is 15.8. The lowest BCUT2D eigenvalue weighted by atomic mass is 9.94. The Morgan fingerprint density at radius 3 is 2.26 bits per heavy atom. The maximum Gasteiger partial charge on any atom is 0.123 e. The maximum atomic E-state index is 13.0. The number of hydrogen-bond acceptors (Lipinski definition) is 2. The average Bonchev–Trinajstić information content (AvgIpc) is 2.54. The van der Waals surface area contributed by atoms with E-state index in [0.717, 1.165) is 24.2 Å². The van der Waals surface area contributed by atoms with Gasteiger partial charge in [-0.2, -0.15) is 0 Å². The number of rotatable bonds is 8. The second-order valence-corrected chi connectivity index (χ2v) is 6.81. The molecular formula is C19H25ClFNS. The second kappa shape index (κ2) is 10.7. The average molecular weight is 354 g/mol. The van der Waals surface area contributed by atoms with Crippen LogP contribution in [-0.2, 0) is 0 Å². The number of hydrogen-bond donors (Lipinski definition) is 1. The van der Waals surface area contributed by atoms with E-state index in [4.69, 9.17) is 5.73 Å². The van der Waals surface area contributed by atoms with Crippen LogP contribution in [0.25, 0.3) is 0 Å². The largest absolute Gasteiger partial charge is 0.330 e. The van der Waals surface area contributed by atoms with Crippen LogP contribution in [0.2, 0.25) is 0 Å². The molecule has 0 heterocycles. The summed E-state index contributed by atoms with van der Waals surface area (Å²) < 4.78 is 13.0. The van der Waals surface area contributed by atoms with Gasteiger partial charge in [0.15, 0.2) is 0 Å². The van der Waals surface area contributed by atoms with Crippen LogP contribution in [0.3, 0.4) is 0 Å². The Bertz CT molecular complexity index is 557. The van der Waals surface area contributed by atoms with Crippen molar-refractivity contribution in [3.05, 3.63) is 65.5 Å². The highest BCUT2D eigenvalue weighted by atomic mass is 35.5. The van der Waals surface area contributed by atoms with E-state index >= 15 is 0 Å². The third-order valence-electron chi connectivity index (χ3n) is 3.86. The van der Waals surface area contributed by atoms with Gasteiger partial charge in [0.1, 0.15) is 5.82 Å². The predicted molar refractivity (Wildman–Crippen MR) is 101 cm³/mol. The molecule has 0 fully saturated rings. The van der Waals surface area contributed by atoms with Crippen molar-refractivity contribution < 1.29 is 4.39 Å². The minimum Gasteiger partial charge on any atom is -0.330 e. The Morgan fingerprint density at radius 2 is 1.65 bits per heavy atom. The first-order valence-corrected chi connectivity index (χ1v) is 8.82. The van der Waals surface area contributed by atoms with Crippen molar-refractivity contribution in [3.63, 3.8) is 0 Å². The van der Waals surface area contributed by atoms with Gasteiger partial charge in [-0.25, -0.2) is 4.39 Å². The summed E-state index contributed by atoms with van der Waals surface area (Å²) in [4.78, 5) is 1.33. The van der Waals surface area contributed by atoms with E-state index in [2.05, 4.69) is 31.2 Å². The Labute approximate surface area is 149 Å². The number of unbranched alkanes of at least 4 members (excludes halogenated alkanes) is 1.